The summed E-state index contributed by atoms with van der Waals surface area (Å²) in [7, 11) is 0. The van der Waals surface area contributed by atoms with E-state index in [1.54, 1.807) is 36.0 Å². The van der Waals surface area contributed by atoms with E-state index < -0.39 is 6.09 Å². The van der Waals surface area contributed by atoms with E-state index in [1.807, 2.05) is 13.0 Å². The number of amides is 2. The van der Waals surface area contributed by atoms with Crippen molar-refractivity contribution in [3.05, 3.63) is 30.3 Å². The van der Waals surface area contributed by atoms with Gasteiger partial charge in [0.25, 0.3) is 0 Å². The summed E-state index contributed by atoms with van der Waals surface area (Å²) in [5.74, 6) is 1.24. The molecule has 0 aliphatic carbocycles. The monoisotopic (exact) mass is 454 g/mol. The number of nitrogens with one attached hydrogen (secondary N) is 2. The van der Waals surface area contributed by atoms with E-state index in [1.165, 1.54) is 23.1 Å². The lowest BCUT2D eigenvalue weighted by atomic mass is 10.3. The summed E-state index contributed by atoms with van der Waals surface area (Å²) in [6.45, 7) is 2.02. The zero-order valence-electron chi connectivity index (χ0n) is 14.4. The van der Waals surface area contributed by atoms with E-state index in [2.05, 4.69) is 31.0 Å². The fourth-order valence-electron chi connectivity index (χ4n) is 1.75. The predicted octanol–water partition coefficient (Wildman–Crippen LogP) is 3.84. The number of ether oxygens (including phenoxy) is 1. The fraction of sp³-hybridized carbons (Fsp3) is 0.200. The van der Waals surface area contributed by atoms with E-state index in [0.29, 0.717) is 15.2 Å². The minimum atomic E-state index is -0.659. The minimum Gasteiger partial charge on any atom is -0.410 e. The van der Waals surface area contributed by atoms with Crippen LogP contribution in [0.4, 0.5) is 15.1 Å². The first-order valence-electron chi connectivity index (χ1n) is 7.88. The van der Waals surface area contributed by atoms with Crippen LogP contribution in [0.1, 0.15) is 6.92 Å². The number of rotatable bonds is 8. The van der Waals surface area contributed by atoms with Crippen molar-refractivity contribution in [3.63, 3.8) is 0 Å². The number of carbonyl (C=O) groups excluding carboxylic acids is 2. The van der Waals surface area contributed by atoms with Gasteiger partial charge in [-0.25, -0.2) is 4.79 Å². The predicted molar refractivity (Wildman–Crippen MR) is 112 cm³/mol. The molecular formula is C15H14N6O3S4. The van der Waals surface area contributed by atoms with Crippen molar-refractivity contribution in [2.45, 2.75) is 15.6 Å². The average Bonchev–Trinajstić information content (AvgIpc) is 3.30. The Bertz CT molecular complexity index is 933. The van der Waals surface area contributed by atoms with Gasteiger partial charge in [0, 0.05) is 0 Å². The molecule has 0 atom stereocenters. The number of hydrogen-bond acceptors (Lipinski definition) is 11. The summed E-state index contributed by atoms with van der Waals surface area (Å²) in [5, 5.41) is 21.6. The van der Waals surface area contributed by atoms with Crippen LogP contribution in [0, 0.1) is 0 Å². The van der Waals surface area contributed by atoms with Crippen LogP contribution in [-0.4, -0.2) is 43.9 Å². The molecule has 13 heteroatoms. The topological polar surface area (TPSA) is 119 Å². The molecule has 0 aliphatic heterocycles. The molecular weight excluding hydrogens is 440 g/mol. The van der Waals surface area contributed by atoms with Gasteiger partial charge in [-0.2, -0.15) is 0 Å². The summed E-state index contributed by atoms with van der Waals surface area (Å²) in [4.78, 5) is 23.8. The zero-order chi connectivity index (χ0) is 19.8. The smallest absolute Gasteiger partial charge is 0.410 e. The third-order valence-corrected chi connectivity index (χ3v) is 6.64. The number of nitrogens with zero attached hydrogens (tertiary/aromatic N) is 4. The average molecular weight is 455 g/mol. The lowest BCUT2D eigenvalue weighted by Crippen LogP contribution is -2.16. The van der Waals surface area contributed by atoms with Gasteiger partial charge in [-0.05, 0) is 17.9 Å². The molecule has 146 valence electrons. The number of thioether (sulfide) groups is 2. The molecule has 0 fully saturated rings. The Labute approximate surface area is 176 Å². The quantitative estimate of drug-likeness (QED) is 0.386. The van der Waals surface area contributed by atoms with Gasteiger partial charge in [-0.3, -0.25) is 15.4 Å². The zero-order valence-corrected chi connectivity index (χ0v) is 17.7. The van der Waals surface area contributed by atoms with Crippen LogP contribution in [0.25, 0.3) is 0 Å². The number of anilines is 2. The minimum absolute atomic E-state index is 0.138. The standard InChI is InChI=1S/C15H14N6O3S4/c1-2-25-14-20-18-11(27-14)16-10(22)8-26-15-21-19-12(28-15)17-13(23)24-9-6-4-3-5-7-9/h3-7H,2,8H2,1H3,(H,16,18,22)(H,17,19,23). The Hall–Kier alpha value is -2.22. The highest BCUT2D eigenvalue weighted by atomic mass is 32.2. The molecule has 2 amide bonds. The van der Waals surface area contributed by atoms with E-state index in [4.69, 9.17) is 4.74 Å². The number of benzene rings is 1. The summed E-state index contributed by atoms with van der Waals surface area (Å²) < 4.78 is 6.47. The van der Waals surface area contributed by atoms with Gasteiger partial charge in [0.2, 0.25) is 16.2 Å². The molecule has 0 unspecified atom stereocenters. The van der Waals surface area contributed by atoms with Gasteiger partial charge < -0.3 is 4.74 Å². The second-order valence-corrected chi connectivity index (χ2v) is 9.53. The van der Waals surface area contributed by atoms with Crippen LogP contribution in [0.3, 0.4) is 0 Å². The number of hydrogen-bond donors (Lipinski definition) is 2. The molecule has 1 aromatic carbocycles. The van der Waals surface area contributed by atoms with Crippen LogP contribution in [0.15, 0.2) is 39.0 Å². The Morgan fingerprint density at radius 2 is 1.61 bits per heavy atom. The molecule has 0 spiro atoms. The Balaban J connectivity index is 1.43. The van der Waals surface area contributed by atoms with Crippen molar-refractivity contribution >= 4 is 68.5 Å². The molecule has 2 aromatic heterocycles. The van der Waals surface area contributed by atoms with Crippen molar-refractivity contribution in [2.24, 2.45) is 0 Å². The SMILES string of the molecule is CCSc1nnc(NC(=O)CSc2nnc(NC(=O)Oc3ccccc3)s2)s1. The van der Waals surface area contributed by atoms with Crippen LogP contribution in [0.5, 0.6) is 5.75 Å². The van der Waals surface area contributed by atoms with E-state index in [0.717, 1.165) is 21.4 Å². The molecule has 0 aliphatic rings. The van der Waals surface area contributed by atoms with Gasteiger partial charge in [0.05, 0.1) is 5.75 Å². The number of para-hydroxylation sites is 1. The van der Waals surface area contributed by atoms with Gasteiger partial charge in [0.1, 0.15) is 5.75 Å². The summed E-state index contributed by atoms with van der Waals surface area (Å²) in [6, 6.07) is 8.68. The molecule has 3 rings (SSSR count). The summed E-state index contributed by atoms with van der Waals surface area (Å²) in [5.41, 5.74) is 0. The van der Waals surface area contributed by atoms with Crippen LogP contribution in [-0.2, 0) is 4.79 Å². The molecule has 2 N–H and O–H groups in total. The third-order valence-electron chi connectivity index (χ3n) is 2.82. The van der Waals surface area contributed by atoms with Gasteiger partial charge >= 0.3 is 6.09 Å². The normalized spacial score (nSPS) is 10.5. The Morgan fingerprint density at radius 3 is 2.29 bits per heavy atom. The van der Waals surface area contributed by atoms with Gasteiger partial charge in [-0.15, -0.1) is 20.4 Å². The number of aromatic nitrogens is 4. The van der Waals surface area contributed by atoms with Crippen molar-refractivity contribution in [1.29, 1.82) is 0 Å². The lowest BCUT2D eigenvalue weighted by molar-refractivity contribution is -0.113. The van der Waals surface area contributed by atoms with Crippen molar-refractivity contribution in [2.75, 3.05) is 22.1 Å². The Kier molecular flexibility index (Phi) is 7.59. The molecule has 0 saturated heterocycles. The first-order chi connectivity index (χ1) is 13.6. The molecule has 0 saturated carbocycles. The van der Waals surface area contributed by atoms with E-state index in [9.17, 15) is 9.59 Å². The van der Waals surface area contributed by atoms with Crippen molar-refractivity contribution in [3.8, 4) is 5.75 Å². The van der Waals surface area contributed by atoms with Crippen molar-refractivity contribution < 1.29 is 14.3 Å². The first kappa shape index (κ1) is 20.5. The fourth-order valence-corrected chi connectivity index (χ4v) is 4.95. The summed E-state index contributed by atoms with van der Waals surface area (Å²) in [6.07, 6.45) is -0.659. The Morgan fingerprint density at radius 1 is 0.964 bits per heavy atom. The van der Waals surface area contributed by atoms with Crippen LogP contribution >= 0.6 is 46.2 Å². The van der Waals surface area contributed by atoms with Gasteiger partial charge in [-0.1, -0.05) is 71.3 Å². The highest BCUT2D eigenvalue weighted by Gasteiger charge is 2.13. The first-order valence-corrected chi connectivity index (χ1v) is 11.5. The van der Waals surface area contributed by atoms with Crippen LogP contribution in [0.2, 0.25) is 0 Å². The molecule has 28 heavy (non-hydrogen) atoms. The van der Waals surface area contributed by atoms with E-state index >= 15 is 0 Å². The maximum Gasteiger partial charge on any atom is 0.418 e. The van der Waals surface area contributed by atoms with Crippen LogP contribution < -0.4 is 15.4 Å². The lowest BCUT2D eigenvalue weighted by Gasteiger charge is -2.02. The maximum absolute atomic E-state index is 12.0. The highest BCUT2D eigenvalue weighted by molar-refractivity contribution is 8.01. The maximum atomic E-state index is 12.0. The van der Waals surface area contributed by atoms with Gasteiger partial charge in [0.15, 0.2) is 8.68 Å². The largest absolute Gasteiger partial charge is 0.418 e. The van der Waals surface area contributed by atoms with Crippen molar-refractivity contribution in [1.82, 2.24) is 20.4 Å². The highest BCUT2D eigenvalue weighted by Crippen LogP contribution is 2.27. The summed E-state index contributed by atoms with van der Waals surface area (Å²) >= 11 is 5.26. The molecule has 2 heterocycles. The molecule has 0 radical (unpaired) electrons. The van der Waals surface area contributed by atoms with E-state index in [-0.39, 0.29) is 16.8 Å². The molecule has 0 bridgehead atoms. The second-order valence-electron chi connectivity index (χ2n) is 4.84. The molecule has 9 nitrogen and oxygen atoms in total. The number of carbonyl (C=O) groups is 2. The third kappa shape index (κ3) is 6.44. The second kappa shape index (κ2) is 10.4. The molecule has 3 aromatic rings.